The highest BCUT2D eigenvalue weighted by atomic mass is 32.1. The van der Waals surface area contributed by atoms with Crippen molar-refractivity contribution >= 4 is 40.9 Å². The van der Waals surface area contributed by atoms with E-state index in [0.29, 0.717) is 4.88 Å². The van der Waals surface area contributed by atoms with E-state index < -0.39 is 112 Å². The number of Topliss-reactive ketones (excluding diaryl/α,β-unsaturated/α-hetero) is 1. The number of esters is 3. The van der Waals surface area contributed by atoms with E-state index in [1.807, 2.05) is 6.92 Å². The van der Waals surface area contributed by atoms with Crippen molar-refractivity contribution in [3.8, 4) is 0 Å². The van der Waals surface area contributed by atoms with Crippen molar-refractivity contribution < 1.29 is 63.3 Å². The second kappa shape index (κ2) is 14.7. The molecule has 2 heterocycles. The van der Waals surface area contributed by atoms with Gasteiger partial charge in [-0.25, -0.2) is 9.59 Å². The first-order chi connectivity index (χ1) is 26.4. The van der Waals surface area contributed by atoms with Crippen LogP contribution in [0.15, 0.2) is 53.6 Å². The molecule has 1 amide bonds. The van der Waals surface area contributed by atoms with Crippen LogP contribution in [0.1, 0.15) is 93.1 Å². The van der Waals surface area contributed by atoms with Crippen LogP contribution in [-0.2, 0) is 33.3 Å². The number of carbonyl (C=O) groups is 5. The van der Waals surface area contributed by atoms with Gasteiger partial charge in [0, 0.05) is 30.1 Å². The standard InChI is InChI=1S/C42H53NO13S/c1-20-15-16-25(57-20)35(49)43-32(38(4,5)6)30(47)37(51)54-24-18-42(52)34(55-36(50)23-13-11-10-12-14-23)31-40(9,33(48)29(46)28(21(24)2)39(42,7)8)26(45)17-27-41(31,19-53-27)56-22(3)44/h10-16,24,26-27,29-32,34,45-47,52H,17-19H2,1-9H3,(H,43,49)/t24-,26-,27+,29+,30+,31-,32+,34-,40+,41-,42+/m0/s1. The summed E-state index contributed by atoms with van der Waals surface area (Å²) in [5.41, 5.74) is -8.27. The highest BCUT2D eigenvalue weighted by Crippen LogP contribution is 2.64. The molecule has 57 heavy (non-hydrogen) atoms. The molecule has 1 saturated heterocycles. The second-order valence-electron chi connectivity index (χ2n) is 17.8. The smallest absolute Gasteiger partial charge is 0.338 e. The molecule has 14 nitrogen and oxygen atoms in total. The maximum atomic E-state index is 14.9. The Kier molecular flexibility index (Phi) is 11.0. The first-order valence-corrected chi connectivity index (χ1v) is 19.9. The van der Waals surface area contributed by atoms with Crippen LogP contribution in [0.5, 0.6) is 0 Å². The molecule has 1 aromatic heterocycles. The van der Waals surface area contributed by atoms with Gasteiger partial charge in [0.25, 0.3) is 5.91 Å². The molecule has 5 N–H and O–H groups in total. The molecule has 6 rings (SSSR count). The number of fused-ring (bicyclic) bond motifs is 5. The number of amides is 1. The minimum absolute atomic E-state index is 0.0385. The third-order valence-corrected chi connectivity index (χ3v) is 13.9. The fourth-order valence-electron chi connectivity index (χ4n) is 9.66. The number of thiophene rings is 1. The molecule has 0 radical (unpaired) electrons. The van der Waals surface area contributed by atoms with Crippen LogP contribution in [0.4, 0.5) is 0 Å². The number of rotatable bonds is 8. The summed E-state index contributed by atoms with van der Waals surface area (Å²) in [5, 5.41) is 51.8. The number of hydrogen-bond acceptors (Lipinski definition) is 14. The van der Waals surface area contributed by atoms with Crippen LogP contribution in [0.2, 0.25) is 0 Å². The predicted octanol–water partition coefficient (Wildman–Crippen LogP) is 3.21. The summed E-state index contributed by atoms with van der Waals surface area (Å²) in [6.45, 7) is 14.0. The Morgan fingerprint density at radius 3 is 2.19 bits per heavy atom. The lowest BCUT2D eigenvalue weighted by Gasteiger charge is -2.67. The summed E-state index contributed by atoms with van der Waals surface area (Å²) >= 11 is 1.25. The molecule has 3 aliphatic carbocycles. The minimum atomic E-state index is -2.32. The maximum absolute atomic E-state index is 14.9. The van der Waals surface area contributed by atoms with Crippen LogP contribution >= 0.6 is 11.3 Å². The number of ether oxygens (including phenoxy) is 4. The Balaban J connectivity index is 1.48. The first kappa shape index (κ1) is 42.6. The van der Waals surface area contributed by atoms with Crippen molar-refractivity contribution in [1.29, 1.82) is 0 Å². The summed E-state index contributed by atoms with van der Waals surface area (Å²) in [6, 6.07) is 10.2. The normalized spacial score (nSPS) is 34.2. The van der Waals surface area contributed by atoms with Crippen LogP contribution < -0.4 is 5.32 Å². The van der Waals surface area contributed by atoms with Gasteiger partial charge in [0.2, 0.25) is 0 Å². The number of ketones is 1. The van der Waals surface area contributed by atoms with Crippen molar-refractivity contribution in [2.75, 3.05) is 6.61 Å². The van der Waals surface area contributed by atoms with Crippen molar-refractivity contribution in [2.24, 2.45) is 22.2 Å². The number of aliphatic hydroxyl groups is 4. The van der Waals surface area contributed by atoms with E-state index in [4.69, 9.17) is 18.9 Å². The second-order valence-corrected chi connectivity index (χ2v) is 19.1. The summed E-state index contributed by atoms with van der Waals surface area (Å²) < 4.78 is 24.2. The predicted molar refractivity (Wildman–Crippen MR) is 205 cm³/mol. The van der Waals surface area contributed by atoms with Crippen molar-refractivity contribution in [3.63, 3.8) is 0 Å². The number of nitrogens with one attached hydrogen (secondary N) is 1. The zero-order valence-corrected chi connectivity index (χ0v) is 34.5. The van der Waals surface area contributed by atoms with Gasteiger partial charge in [0.15, 0.2) is 17.5 Å². The van der Waals surface area contributed by atoms with Gasteiger partial charge in [-0.15, -0.1) is 11.3 Å². The van der Waals surface area contributed by atoms with Crippen molar-refractivity contribution in [3.05, 3.63) is 68.9 Å². The Hall–Kier alpha value is -3.99. The molecule has 0 unspecified atom stereocenters. The van der Waals surface area contributed by atoms with E-state index in [2.05, 4.69) is 5.32 Å². The van der Waals surface area contributed by atoms with E-state index in [1.165, 1.54) is 37.3 Å². The van der Waals surface area contributed by atoms with Crippen LogP contribution in [0.3, 0.4) is 0 Å². The first-order valence-electron chi connectivity index (χ1n) is 19.1. The van der Waals surface area contributed by atoms with Gasteiger partial charge in [-0.1, -0.05) is 52.8 Å². The molecular formula is C42H53NO13S. The number of benzene rings is 1. The SMILES string of the molecule is CC(=O)O[C@@]12CO[C@@H]1C[C@H](O)[C@@]1(C)C(=O)[C@H](O)C3=C(C)[C@@H](OC(=O)[C@H](O)[C@@H](NC(=O)c4ccc(C)s4)C(C)(C)C)C[C@@](O)([C@@H](OC(=O)c4ccccc4)[C@H]21)C3(C)C. The largest absolute Gasteiger partial charge is 0.456 e. The lowest BCUT2D eigenvalue weighted by molar-refractivity contribution is -0.346. The average molecular weight is 812 g/mol. The highest BCUT2D eigenvalue weighted by Gasteiger charge is 2.78. The van der Waals surface area contributed by atoms with E-state index in [1.54, 1.807) is 65.0 Å². The summed E-state index contributed by atoms with van der Waals surface area (Å²) in [5.74, 6) is -5.73. The molecule has 310 valence electrons. The van der Waals surface area contributed by atoms with Gasteiger partial charge < -0.3 is 44.7 Å². The van der Waals surface area contributed by atoms with Gasteiger partial charge in [0.1, 0.15) is 30.0 Å². The average Bonchev–Trinajstić information content (AvgIpc) is 3.57. The topological polar surface area (TPSA) is 215 Å². The van der Waals surface area contributed by atoms with Crippen molar-refractivity contribution in [2.45, 2.75) is 129 Å². The Morgan fingerprint density at radius 2 is 1.65 bits per heavy atom. The molecule has 2 saturated carbocycles. The van der Waals surface area contributed by atoms with E-state index in [0.717, 1.165) is 11.8 Å². The van der Waals surface area contributed by atoms with E-state index >= 15 is 0 Å². The molecular weight excluding hydrogens is 759 g/mol. The molecule has 0 spiro atoms. The highest BCUT2D eigenvalue weighted by molar-refractivity contribution is 7.13. The summed E-state index contributed by atoms with van der Waals surface area (Å²) in [4.78, 5) is 70.4. The molecule has 15 heteroatoms. The Labute approximate surface area is 335 Å². The van der Waals surface area contributed by atoms with Crippen LogP contribution in [0, 0.1) is 29.1 Å². The molecule has 1 aromatic carbocycles. The maximum Gasteiger partial charge on any atom is 0.338 e. The molecule has 1 aliphatic heterocycles. The number of hydrogen-bond donors (Lipinski definition) is 5. The third-order valence-electron chi connectivity index (χ3n) is 12.9. The lowest BCUT2D eigenvalue weighted by atomic mass is 9.44. The summed E-state index contributed by atoms with van der Waals surface area (Å²) in [7, 11) is 0. The molecule has 2 bridgehead atoms. The fourth-order valence-corrected chi connectivity index (χ4v) is 10.4. The fraction of sp³-hybridized carbons (Fsp3) is 0.595. The van der Waals surface area contributed by atoms with E-state index in [-0.39, 0.29) is 29.7 Å². The van der Waals surface area contributed by atoms with Gasteiger partial charge in [-0.3, -0.25) is 14.4 Å². The number of aliphatic hydroxyl groups excluding tert-OH is 3. The zero-order chi connectivity index (χ0) is 42.2. The van der Waals surface area contributed by atoms with Gasteiger partial charge >= 0.3 is 17.9 Å². The quantitative estimate of drug-likeness (QED) is 0.147. The van der Waals surface area contributed by atoms with Gasteiger partial charge in [0.05, 0.1) is 40.5 Å². The molecule has 4 aliphatic rings. The third kappa shape index (κ3) is 6.83. The lowest BCUT2D eigenvalue weighted by Crippen LogP contribution is -2.81. The van der Waals surface area contributed by atoms with Crippen molar-refractivity contribution in [1.82, 2.24) is 5.32 Å². The molecule has 2 aromatic rings. The van der Waals surface area contributed by atoms with Crippen LogP contribution in [0.25, 0.3) is 0 Å². The monoisotopic (exact) mass is 811 g/mol. The Bertz CT molecular complexity index is 1980. The molecule has 3 fully saturated rings. The number of carbonyl (C=O) groups excluding carboxylic acids is 5. The van der Waals surface area contributed by atoms with Gasteiger partial charge in [-0.2, -0.15) is 0 Å². The van der Waals surface area contributed by atoms with E-state index in [9.17, 15) is 44.4 Å². The minimum Gasteiger partial charge on any atom is -0.456 e. The molecule has 11 atom stereocenters. The summed E-state index contributed by atoms with van der Waals surface area (Å²) in [6.07, 6.45) is -10.3. The van der Waals surface area contributed by atoms with Gasteiger partial charge in [-0.05, 0) is 61.6 Å². The Morgan fingerprint density at radius 1 is 1.00 bits per heavy atom. The number of aryl methyl sites for hydroxylation is 1. The van der Waals surface area contributed by atoms with Crippen LogP contribution in [-0.4, -0.2) is 110 Å². The zero-order valence-electron chi connectivity index (χ0n) is 33.7.